The highest BCUT2D eigenvalue weighted by molar-refractivity contribution is 5.92. The lowest BCUT2D eigenvalue weighted by molar-refractivity contribution is 0.0658. The highest BCUT2D eigenvalue weighted by Gasteiger charge is 2.21. The number of rotatable bonds is 4. The van der Waals surface area contributed by atoms with Crippen molar-refractivity contribution in [1.29, 1.82) is 0 Å². The predicted molar refractivity (Wildman–Crippen MR) is 116 cm³/mol. The third kappa shape index (κ3) is 4.85. The lowest BCUT2D eigenvalue weighted by atomic mass is 9.99. The van der Waals surface area contributed by atoms with E-state index in [4.69, 9.17) is 0 Å². The van der Waals surface area contributed by atoms with Crippen molar-refractivity contribution in [3.8, 4) is 0 Å². The molecule has 0 radical (unpaired) electrons. The summed E-state index contributed by atoms with van der Waals surface area (Å²) in [4.78, 5) is 27.8. The molecule has 29 heavy (non-hydrogen) atoms. The predicted octanol–water partition coefficient (Wildman–Crippen LogP) is 2.84. The molecule has 1 aromatic heterocycles. The Kier molecular flexibility index (Phi) is 5.94. The van der Waals surface area contributed by atoms with Crippen LogP contribution in [-0.2, 0) is 0 Å². The van der Waals surface area contributed by atoms with Crippen molar-refractivity contribution in [1.82, 2.24) is 19.8 Å². The normalized spacial score (nSPS) is 18.7. The SMILES string of the molecule is CC1CCN(c2ccc(Nc3cnc(C(=O)N4CCN(C)CC4)cn3)cc2)CC1. The zero-order chi connectivity index (χ0) is 20.2. The van der Waals surface area contributed by atoms with Gasteiger partial charge in [0.2, 0.25) is 0 Å². The van der Waals surface area contributed by atoms with Gasteiger partial charge in [-0.25, -0.2) is 9.97 Å². The Balaban J connectivity index is 1.34. The molecule has 2 fully saturated rings. The largest absolute Gasteiger partial charge is 0.372 e. The number of carbonyl (C=O) groups is 1. The van der Waals surface area contributed by atoms with Crippen LogP contribution in [0.1, 0.15) is 30.3 Å². The maximum atomic E-state index is 12.6. The van der Waals surface area contributed by atoms with E-state index in [1.807, 2.05) is 4.90 Å². The van der Waals surface area contributed by atoms with Crippen LogP contribution in [-0.4, -0.2) is 72.0 Å². The molecule has 7 heteroatoms. The maximum Gasteiger partial charge on any atom is 0.274 e. The van der Waals surface area contributed by atoms with Crippen molar-refractivity contribution in [2.45, 2.75) is 19.8 Å². The van der Waals surface area contributed by atoms with E-state index < -0.39 is 0 Å². The van der Waals surface area contributed by atoms with Gasteiger partial charge in [-0.3, -0.25) is 4.79 Å². The van der Waals surface area contributed by atoms with Gasteiger partial charge in [-0.15, -0.1) is 0 Å². The Morgan fingerprint density at radius 2 is 1.66 bits per heavy atom. The molecular formula is C22H30N6O. The zero-order valence-electron chi connectivity index (χ0n) is 17.3. The fourth-order valence-electron chi connectivity index (χ4n) is 3.84. The topological polar surface area (TPSA) is 64.6 Å². The van der Waals surface area contributed by atoms with Crippen molar-refractivity contribution < 1.29 is 4.79 Å². The van der Waals surface area contributed by atoms with E-state index in [0.29, 0.717) is 11.5 Å². The molecule has 2 aliphatic rings. The number of likely N-dealkylation sites (N-methyl/N-ethyl adjacent to an activating group) is 1. The van der Waals surface area contributed by atoms with Crippen LogP contribution in [0, 0.1) is 5.92 Å². The van der Waals surface area contributed by atoms with Crippen molar-refractivity contribution >= 4 is 23.1 Å². The number of carbonyl (C=O) groups excluding carboxylic acids is 1. The third-order valence-electron chi connectivity index (χ3n) is 5.95. The monoisotopic (exact) mass is 394 g/mol. The molecule has 2 aliphatic heterocycles. The minimum Gasteiger partial charge on any atom is -0.372 e. The van der Waals surface area contributed by atoms with E-state index in [0.717, 1.165) is 50.9 Å². The van der Waals surface area contributed by atoms with Crippen LogP contribution in [0.2, 0.25) is 0 Å². The number of nitrogens with zero attached hydrogens (tertiary/aromatic N) is 5. The summed E-state index contributed by atoms with van der Waals surface area (Å²) in [5.74, 6) is 1.42. The first-order valence-corrected chi connectivity index (χ1v) is 10.5. The first-order valence-electron chi connectivity index (χ1n) is 10.5. The molecule has 7 nitrogen and oxygen atoms in total. The minimum absolute atomic E-state index is 0.0441. The quantitative estimate of drug-likeness (QED) is 0.860. The summed E-state index contributed by atoms with van der Waals surface area (Å²) in [6.45, 7) is 7.84. The number of hydrogen-bond acceptors (Lipinski definition) is 6. The number of amides is 1. The molecule has 0 saturated carbocycles. The number of nitrogens with one attached hydrogen (secondary N) is 1. The van der Waals surface area contributed by atoms with E-state index in [2.05, 4.69) is 63.3 Å². The van der Waals surface area contributed by atoms with Gasteiger partial charge in [0.05, 0.1) is 12.4 Å². The van der Waals surface area contributed by atoms with Gasteiger partial charge in [0.25, 0.3) is 5.91 Å². The standard InChI is InChI=1S/C22H30N6O/c1-17-7-9-27(10-8-17)19-5-3-18(4-6-19)25-21-16-23-20(15-24-21)22(29)28-13-11-26(2)12-14-28/h3-6,15-17H,7-14H2,1-2H3,(H,24,25). The van der Waals surface area contributed by atoms with Crippen molar-refractivity contribution in [2.24, 2.45) is 5.92 Å². The molecule has 154 valence electrons. The average molecular weight is 395 g/mol. The van der Waals surface area contributed by atoms with Crippen molar-refractivity contribution in [3.05, 3.63) is 42.4 Å². The van der Waals surface area contributed by atoms with Gasteiger partial charge in [-0.2, -0.15) is 0 Å². The summed E-state index contributed by atoms with van der Waals surface area (Å²) in [6, 6.07) is 8.44. The van der Waals surface area contributed by atoms with Gasteiger partial charge in [0, 0.05) is 50.6 Å². The summed E-state index contributed by atoms with van der Waals surface area (Å²) in [5.41, 5.74) is 2.63. The number of aromatic nitrogens is 2. The highest BCUT2D eigenvalue weighted by Crippen LogP contribution is 2.25. The second kappa shape index (κ2) is 8.78. The summed E-state index contributed by atoms with van der Waals surface area (Å²) in [6.07, 6.45) is 5.71. The van der Waals surface area contributed by atoms with Crippen LogP contribution in [0.25, 0.3) is 0 Å². The van der Waals surface area contributed by atoms with Crippen LogP contribution in [0.3, 0.4) is 0 Å². The molecule has 0 bridgehead atoms. The van der Waals surface area contributed by atoms with E-state index >= 15 is 0 Å². The molecule has 0 aliphatic carbocycles. The second-order valence-electron chi connectivity index (χ2n) is 8.22. The molecule has 0 spiro atoms. The molecular weight excluding hydrogens is 364 g/mol. The first-order chi connectivity index (χ1) is 14.1. The van der Waals surface area contributed by atoms with Gasteiger partial charge in [0.15, 0.2) is 0 Å². The van der Waals surface area contributed by atoms with E-state index in [1.165, 1.54) is 18.5 Å². The van der Waals surface area contributed by atoms with E-state index in [9.17, 15) is 4.79 Å². The Labute approximate surface area is 172 Å². The smallest absolute Gasteiger partial charge is 0.274 e. The molecule has 1 N–H and O–H groups in total. The molecule has 0 atom stereocenters. The second-order valence-corrected chi connectivity index (χ2v) is 8.22. The van der Waals surface area contributed by atoms with Gasteiger partial charge in [-0.05, 0) is 50.1 Å². The molecule has 3 heterocycles. The Bertz CT molecular complexity index is 806. The van der Waals surface area contributed by atoms with E-state index in [-0.39, 0.29) is 5.91 Å². The maximum absolute atomic E-state index is 12.6. The van der Waals surface area contributed by atoms with Crippen LogP contribution in [0.15, 0.2) is 36.7 Å². The number of anilines is 3. The van der Waals surface area contributed by atoms with Crippen molar-refractivity contribution in [2.75, 3.05) is 56.5 Å². The summed E-state index contributed by atoms with van der Waals surface area (Å²) < 4.78 is 0. The molecule has 1 amide bonds. The van der Waals surface area contributed by atoms with Gasteiger partial charge in [-0.1, -0.05) is 6.92 Å². The Morgan fingerprint density at radius 1 is 0.966 bits per heavy atom. The third-order valence-corrected chi connectivity index (χ3v) is 5.95. The Hall–Kier alpha value is -2.67. The van der Waals surface area contributed by atoms with E-state index in [1.54, 1.807) is 12.4 Å². The number of hydrogen-bond donors (Lipinski definition) is 1. The molecule has 2 saturated heterocycles. The van der Waals surface area contributed by atoms with Crippen LogP contribution < -0.4 is 10.2 Å². The van der Waals surface area contributed by atoms with Gasteiger partial charge >= 0.3 is 0 Å². The lowest BCUT2D eigenvalue weighted by Crippen LogP contribution is -2.47. The number of piperidine rings is 1. The van der Waals surface area contributed by atoms with Crippen LogP contribution in [0.5, 0.6) is 0 Å². The first kappa shape index (κ1) is 19.6. The fourth-order valence-corrected chi connectivity index (χ4v) is 3.84. The molecule has 1 aromatic carbocycles. The molecule has 4 rings (SSSR count). The van der Waals surface area contributed by atoms with Gasteiger partial charge < -0.3 is 20.0 Å². The van der Waals surface area contributed by atoms with Crippen LogP contribution >= 0.6 is 0 Å². The number of benzene rings is 1. The van der Waals surface area contributed by atoms with Gasteiger partial charge in [0.1, 0.15) is 11.5 Å². The van der Waals surface area contributed by atoms with Crippen molar-refractivity contribution in [3.63, 3.8) is 0 Å². The highest BCUT2D eigenvalue weighted by atomic mass is 16.2. The lowest BCUT2D eigenvalue weighted by Gasteiger charge is -2.32. The summed E-state index contributed by atoms with van der Waals surface area (Å²) >= 11 is 0. The average Bonchev–Trinajstić information content (AvgIpc) is 2.76. The molecule has 2 aromatic rings. The Morgan fingerprint density at radius 3 is 2.28 bits per heavy atom. The number of piperazine rings is 1. The van der Waals surface area contributed by atoms with Crippen LogP contribution in [0.4, 0.5) is 17.2 Å². The minimum atomic E-state index is -0.0441. The fraction of sp³-hybridized carbons (Fsp3) is 0.500. The zero-order valence-corrected chi connectivity index (χ0v) is 17.3. The summed E-state index contributed by atoms with van der Waals surface area (Å²) in [5, 5.41) is 3.27. The molecule has 0 unspecified atom stereocenters. The summed E-state index contributed by atoms with van der Waals surface area (Å²) in [7, 11) is 2.07.